The minimum atomic E-state index is -2.12. The van der Waals surface area contributed by atoms with E-state index in [2.05, 4.69) is 0 Å². The van der Waals surface area contributed by atoms with E-state index in [0.717, 1.165) is 0 Å². The Balaban J connectivity index is 1.46. The quantitative estimate of drug-likeness (QED) is 0.0944. The summed E-state index contributed by atoms with van der Waals surface area (Å²) in [5.41, 5.74) is -0.557. The molecule has 4 rings (SSSR count). The van der Waals surface area contributed by atoms with E-state index in [1.165, 1.54) is 0 Å². The second-order valence-electron chi connectivity index (χ2n) is 14.0. The normalized spacial score (nSPS) is 49.1. The molecule has 20 heteroatoms. The highest BCUT2D eigenvalue weighted by molar-refractivity contribution is 5.73. The van der Waals surface area contributed by atoms with E-state index in [1.54, 1.807) is 13.8 Å². The van der Waals surface area contributed by atoms with Crippen molar-refractivity contribution in [1.82, 2.24) is 0 Å². The Morgan fingerprint density at radius 3 is 1.62 bits per heavy atom. The van der Waals surface area contributed by atoms with Gasteiger partial charge in [-0.2, -0.15) is 0 Å². The number of ether oxygens (including phenoxy) is 8. The van der Waals surface area contributed by atoms with Gasteiger partial charge >= 0.3 is 5.97 Å². The van der Waals surface area contributed by atoms with Crippen molar-refractivity contribution in [2.45, 2.75) is 157 Å². The fourth-order valence-corrected chi connectivity index (χ4v) is 6.60. The van der Waals surface area contributed by atoms with E-state index >= 15 is 0 Å². The van der Waals surface area contributed by atoms with Crippen LogP contribution < -0.4 is 0 Å². The molecule has 11 N–H and O–H groups in total. The zero-order chi connectivity index (χ0) is 37.4. The number of hydrogen-bond donors (Lipinski definition) is 11. The first kappa shape index (κ1) is 41.5. The SMILES string of the molecule is CCOC1C(O)C(CO)OC(OC2C(C(=O)O)OC(OC3C(CO)OC(OC4C(C)OC(C(C)(C)C)C(O)C4O)C(O)C3O)C(O)C2O)C1O. The highest BCUT2D eigenvalue weighted by Crippen LogP contribution is 2.37. The minimum Gasteiger partial charge on any atom is -0.479 e. The maximum atomic E-state index is 12.3. The molecule has 0 spiro atoms. The topological polar surface area (TPSA) is 313 Å². The van der Waals surface area contributed by atoms with Gasteiger partial charge in [-0.3, -0.25) is 0 Å². The Bertz CT molecular complexity index is 1090. The number of carbonyl (C=O) groups is 1. The number of carboxylic acid groups (broad SMARTS) is 1. The zero-order valence-corrected chi connectivity index (χ0v) is 28.3. The van der Waals surface area contributed by atoms with Crippen LogP contribution in [0, 0.1) is 5.41 Å². The van der Waals surface area contributed by atoms with E-state index in [9.17, 15) is 61.0 Å². The van der Waals surface area contributed by atoms with Gasteiger partial charge in [0.15, 0.2) is 25.0 Å². The Hall–Kier alpha value is -1.25. The molecule has 20 unspecified atom stereocenters. The number of aliphatic hydroxyl groups is 10. The molecule has 4 saturated heterocycles. The molecule has 0 radical (unpaired) electrons. The van der Waals surface area contributed by atoms with Gasteiger partial charge in [-0.1, -0.05) is 20.8 Å². The van der Waals surface area contributed by atoms with Crippen LogP contribution >= 0.6 is 0 Å². The van der Waals surface area contributed by atoms with Crippen molar-refractivity contribution in [2.75, 3.05) is 19.8 Å². The first-order chi connectivity index (χ1) is 23.4. The van der Waals surface area contributed by atoms with Crippen molar-refractivity contribution in [3.8, 4) is 0 Å². The number of aliphatic carboxylic acids is 1. The van der Waals surface area contributed by atoms with Crippen LogP contribution in [0.15, 0.2) is 0 Å². The van der Waals surface area contributed by atoms with Crippen LogP contribution in [-0.4, -0.2) is 205 Å². The lowest BCUT2D eigenvalue weighted by Crippen LogP contribution is -2.68. The van der Waals surface area contributed by atoms with Crippen LogP contribution in [0.25, 0.3) is 0 Å². The van der Waals surface area contributed by atoms with Crippen molar-refractivity contribution >= 4 is 5.97 Å². The Labute approximate surface area is 287 Å². The van der Waals surface area contributed by atoms with Gasteiger partial charge < -0.3 is 94.1 Å². The van der Waals surface area contributed by atoms with Crippen molar-refractivity contribution in [1.29, 1.82) is 0 Å². The lowest BCUT2D eigenvalue weighted by Gasteiger charge is -2.49. The third-order valence-electron chi connectivity index (χ3n) is 9.34. The monoisotopic (exact) mass is 732 g/mol. The van der Waals surface area contributed by atoms with Gasteiger partial charge in [-0.25, -0.2) is 4.79 Å². The summed E-state index contributed by atoms with van der Waals surface area (Å²) in [6.45, 7) is 6.96. The standard InChI is InChI=1S/C30H52O20/c1-6-43-22-12(33)10(7-31)45-29(19(22)40)49-23-15(36)18(39)28(50-24(23)26(41)42)48-21-11(8-32)46-27(17(38)14(21)35)47-20-9(2)44-25(30(3,4)5)16(37)13(20)34/h9-25,27-29,31-40H,6-8H2,1-5H3,(H,41,42). The maximum absolute atomic E-state index is 12.3. The van der Waals surface area contributed by atoms with Crippen LogP contribution in [0.3, 0.4) is 0 Å². The molecule has 0 bridgehead atoms. The molecule has 0 amide bonds. The Kier molecular flexibility index (Phi) is 14.0. The predicted octanol–water partition coefficient (Wildman–Crippen LogP) is -5.49. The summed E-state index contributed by atoms with van der Waals surface area (Å²) >= 11 is 0. The summed E-state index contributed by atoms with van der Waals surface area (Å²) in [5.74, 6) is -1.73. The first-order valence-corrected chi connectivity index (χ1v) is 16.5. The molecular formula is C30H52O20. The van der Waals surface area contributed by atoms with Crippen molar-refractivity contribution in [3.63, 3.8) is 0 Å². The molecule has 0 aliphatic carbocycles. The van der Waals surface area contributed by atoms with E-state index in [-0.39, 0.29) is 6.61 Å². The van der Waals surface area contributed by atoms with Crippen molar-refractivity contribution in [2.24, 2.45) is 5.41 Å². The minimum absolute atomic E-state index is 0.0263. The molecule has 4 aliphatic heterocycles. The van der Waals surface area contributed by atoms with Crippen LogP contribution in [0.4, 0.5) is 0 Å². The Morgan fingerprint density at radius 2 is 1.08 bits per heavy atom. The zero-order valence-electron chi connectivity index (χ0n) is 28.3. The van der Waals surface area contributed by atoms with Crippen LogP contribution in [0.1, 0.15) is 34.6 Å². The summed E-state index contributed by atoms with van der Waals surface area (Å²) in [4.78, 5) is 12.3. The third-order valence-corrected chi connectivity index (χ3v) is 9.34. The smallest absolute Gasteiger partial charge is 0.335 e. The van der Waals surface area contributed by atoms with Gasteiger partial charge in [0.1, 0.15) is 85.5 Å². The lowest BCUT2D eigenvalue weighted by atomic mass is 9.80. The molecule has 4 fully saturated rings. The van der Waals surface area contributed by atoms with Gasteiger partial charge in [-0.05, 0) is 19.3 Å². The number of aliphatic hydroxyl groups excluding tert-OH is 10. The van der Waals surface area contributed by atoms with E-state index in [4.69, 9.17) is 37.9 Å². The van der Waals surface area contributed by atoms with Crippen LogP contribution in [0.5, 0.6) is 0 Å². The van der Waals surface area contributed by atoms with E-state index in [0.29, 0.717) is 0 Å². The molecule has 292 valence electrons. The van der Waals surface area contributed by atoms with Crippen LogP contribution in [-0.2, 0) is 42.7 Å². The fourth-order valence-electron chi connectivity index (χ4n) is 6.60. The van der Waals surface area contributed by atoms with Crippen molar-refractivity contribution in [3.05, 3.63) is 0 Å². The van der Waals surface area contributed by atoms with Gasteiger partial charge in [0.25, 0.3) is 0 Å². The van der Waals surface area contributed by atoms with Crippen LogP contribution in [0.2, 0.25) is 0 Å². The number of hydrogen-bond acceptors (Lipinski definition) is 19. The molecule has 0 aromatic rings. The highest BCUT2D eigenvalue weighted by Gasteiger charge is 2.56. The van der Waals surface area contributed by atoms with E-state index in [1.807, 2.05) is 20.8 Å². The van der Waals surface area contributed by atoms with E-state index < -0.39 is 147 Å². The molecule has 20 nitrogen and oxygen atoms in total. The van der Waals surface area contributed by atoms with Gasteiger partial charge in [0.05, 0.1) is 25.4 Å². The predicted molar refractivity (Wildman–Crippen MR) is 160 cm³/mol. The molecule has 4 heterocycles. The summed E-state index contributed by atoms with van der Waals surface area (Å²) in [6.07, 6.45) is -32.6. The highest BCUT2D eigenvalue weighted by atomic mass is 16.8. The average Bonchev–Trinajstić information content (AvgIpc) is 3.05. The number of carboxylic acids is 1. The summed E-state index contributed by atoms with van der Waals surface area (Å²) in [7, 11) is 0. The summed E-state index contributed by atoms with van der Waals surface area (Å²) < 4.78 is 44.5. The van der Waals surface area contributed by atoms with Gasteiger partial charge in [-0.15, -0.1) is 0 Å². The largest absolute Gasteiger partial charge is 0.479 e. The molecule has 4 aliphatic rings. The Morgan fingerprint density at radius 1 is 0.600 bits per heavy atom. The van der Waals surface area contributed by atoms with Gasteiger partial charge in [0.2, 0.25) is 0 Å². The molecule has 0 saturated carbocycles. The molecule has 50 heavy (non-hydrogen) atoms. The van der Waals surface area contributed by atoms with Crippen molar-refractivity contribution < 1.29 is 98.9 Å². The summed E-state index contributed by atoms with van der Waals surface area (Å²) in [5, 5.41) is 116. The molecule has 0 aromatic heterocycles. The number of rotatable bonds is 11. The average molecular weight is 733 g/mol. The first-order valence-electron chi connectivity index (χ1n) is 16.5. The molecule has 20 atom stereocenters. The second-order valence-corrected chi connectivity index (χ2v) is 14.0. The lowest BCUT2D eigenvalue weighted by molar-refractivity contribution is -0.382. The second kappa shape index (κ2) is 16.8. The van der Waals surface area contributed by atoms with Gasteiger partial charge in [0, 0.05) is 6.61 Å². The maximum Gasteiger partial charge on any atom is 0.335 e. The third kappa shape index (κ3) is 8.43. The summed E-state index contributed by atoms with van der Waals surface area (Å²) in [6, 6.07) is 0. The fraction of sp³-hybridized carbons (Fsp3) is 0.967. The molecule has 0 aromatic carbocycles. The molecular weight excluding hydrogens is 680 g/mol.